The zero-order valence-corrected chi connectivity index (χ0v) is 17.0. The molecule has 0 radical (unpaired) electrons. The first-order valence-electron chi connectivity index (χ1n) is 9.42. The number of anilines is 1. The van der Waals surface area contributed by atoms with E-state index in [1.54, 1.807) is 40.9 Å². The number of fused-ring (bicyclic) bond motifs is 1. The number of nitrogens with one attached hydrogen (secondary N) is 2. The summed E-state index contributed by atoms with van der Waals surface area (Å²) in [7, 11) is 0. The molecule has 0 fully saturated rings. The SMILES string of the molecule is CCOc1ccc(C(=O)NNC(=O)CCC(=O)N2CCSc3ccccc32)cc1. The quantitative estimate of drug-likeness (QED) is 0.711. The van der Waals surface area contributed by atoms with Gasteiger partial charge in [-0.15, -0.1) is 11.8 Å². The first-order valence-corrected chi connectivity index (χ1v) is 10.4. The molecule has 29 heavy (non-hydrogen) atoms. The van der Waals surface area contributed by atoms with E-state index in [1.807, 2.05) is 31.2 Å². The van der Waals surface area contributed by atoms with E-state index < -0.39 is 11.8 Å². The molecular formula is C21H23N3O4S. The Bertz CT molecular complexity index is 886. The van der Waals surface area contributed by atoms with Gasteiger partial charge in [-0.05, 0) is 43.3 Å². The maximum atomic E-state index is 12.5. The Labute approximate surface area is 173 Å². The average molecular weight is 413 g/mol. The maximum Gasteiger partial charge on any atom is 0.269 e. The number of ether oxygens (including phenoxy) is 1. The van der Waals surface area contributed by atoms with Crippen molar-refractivity contribution in [1.82, 2.24) is 10.9 Å². The lowest BCUT2D eigenvalue weighted by molar-refractivity contribution is -0.125. The number of nitrogens with zero attached hydrogens (tertiary/aromatic N) is 1. The third-order valence-corrected chi connectivity index (χ3v) is 5.38. The van der Waals surface area contributed by atoms with Gasteiger partial charge in [-0.3, -0.25) is 25.2 Å². The van der Waals surface area contributed by atoms with Crippen molar-refractivity contribution < 1.29 is 19.1 Å². The van der Waals surface area contributed by atoms with E-state index in [4.69, 9.17) is 4.74 Å². The molecule has 2 N–H and O–H groups in total. The van der Waals surface area contributed by atoms with Gasteiger partial charge in [0.15, 0.2) is 0 Å². The molecule has 2 aromatic rings. The summed E-state index contributed by atoms with van der Waals surface area (Å²) in [6.45, 7) is 3.04. The van der Waals surface area contributed by atoms with E-state index in [-0.39, 0.29) is 18.7 Å². The van der Waals surface area contributed by atoms with Crippen LogP contribution in [0, 0.1) is 0 Å². The van der Waals surface area contributed by atoms with Crippen molar-refractivity contribution in [3.63, 3.8) is 0 Å². The van der Waals surface area contributed by atoms with Crippen LogP contribution in [0.2, 0.25) is 0 Å². The Morgan fingerprint density at radius 2 is 1.79 bits per heavy atom. The van der Waals surface area contributed by atoms with Crippen molar-refractivity contribution in [3.8, 4) is 5.75 Å². The maximum absolute atomic E-state index is 12.5. The minimum absolute atomic E-state index is 0.00575. The number of benzene rings is 2. The zero-order valence-electron chi connectivity index (χ0n) is 16.1. The van der Waals surface area contributed by atoms with E-state index >= 15 is 0 Å². The Hall–Kier alpha value is -3.00. The van der Waals surface area contributed by atoms with Gasteiger partial charge in [-0.1, -0.05) is 12.1 Å². The van der Waals surface area contributed by atoms with Gasteiger partial charge < -0.3 is 9.64 Å². The smallest absolute Gasteiger partial charge is 0.269 e. The minimum Gasteiger partial charge on any atom is -0.494 e. The summed E-state index contributed by atoms with van der Waals surface area (Å²) in [5.74, 6) is 0.537. The Balaban J connectivity index is 1.45. The Morgan fingerprint density at radius 3 is 2.55 bits per heavy atom. The predicted octanol–water partition coefficient (Wildman–Crippen LogP) is 2.77. The van der Waals surface area contributed by atoms with Crippen LogP contribution in [0.15, 0.2) is 53.4 Å². The molecule has 1 aliphatic heterocycles. The number of carbonyl (C=O) groups excluding carboxylic acids is 3. The normalized spacial score (nSPS) is 12.7. The van der Waals surface area contributed by atoms with Crippen LogP contribution in [0.1, 0.15) is 30.1 Å². The second-order valence-electron chi connectivity index (χ2n) is 6.32. The van der Waals surface area contributed by atoms with Crippen LogP contribution in [0.25, 0.3) is 0 Å². The van der Waals surface area contributed by atoms with Crippen molar-refractivity contribution in [3.05, 3.63) is 54.1 Å². The lowest BCUT2D eigenvalue weighted by atomic mass is 10.2. The fourth-order valence-corrected chi connectivity index (χ4v) is 3.91. The van der Waals surface area contributed by atoms with Crippen LogP contribution >= 0.6 is 11.8 Å². The molecule has 3 rings (SSSR count). The molecule has 0 spiro atoms. The molecule has 0 saturated heterocycles. The van der Waals surface area contributed by atoms with Crippen LogP contribution in [0.4, 0.5) is 5.69 Å². The molecule has 0 aromatic heterocycles. The molecule has 7 nitrogen and oxygen atoms in total. The fourth-order valence-electron chi connectivity index (χ4n) is 2.91. The van der Waals surface area contributed by atoms with Crippen molar-refractivity contribution >= 4 is 35.2 Å². The summed E-state index contributed by atoms with van der Waals surface area (Å²) in [5.41, 5.74) is 6.00. The average Bonchev–Trinajstić information content (AvgIpc) is 2.76. The first kappa shape index (κ1) is 20.7. The van der Waals surface area contributed by atoms with Crippen LogP contribution in [-0.4, -0.2) is 36.6 Å². The topological polar surface area (TPSA) is 87.7 Å². The second kappa shape index (κ2) is 9.97. The minimum atomic E-state index is -0.435. The third-order valence-electron chi connectivity index (χ3n) is 4.34. The monoisotopic (exact) mass is 413 g/mol. The van der Waals surface area contributed by atoms with Crippen LogP contribution in [-0.2, 0) is 9.59 Å². The molecule has 0 unspecified atom stereocenters. The Morgan fingerprint density at radius 1 is 1.03 bits per heavy atom. The van der Waals surface area contributed by atoms with E-state index in [9.17, 15) is 14.4 Å². The molecule has 0 bridgehead atoms. The number of hydrogen-bond acceptors (Lipinski definition) is 5. The summed E-state index contributed by atoms with van der Waals surface area (Å²) < 4.78 is 5.33. The molecule has 2 aromatic carbocycles. The van der Waals surface area contributed by atoms with Gasteiger partial charge in [0.1, 0.15) is 5.75 Å². The van der Waals surface area contributed by atoms with E-state index in [2.05, 4.69) is 10.9 Å². The van der Waals surface area contributed by atoms with Gasteiger partial charge in [0.05, 0.1) is 12.3 Å². The fraction of sp³-hybridized carbons (Fsp3) is 0.286. The van der Waals surface area contributed by atoms with E-state index in [0.29, 0.717) is 24.5 Å². The number of amides is 3. The van der Waals surface area contributed by atoms with Crippen LogP contribution < -0.4 is 20.5 Å². The van der Waals surface area contributed by atoms with Crippen molar-refractivity contribution in [2.45, 2.75) is 24.7 Å². The van der Waals surface area contributed by atoms with Gasteiger partial charge in [-0.25, -0.2) is 0 Å². The van der Waals surface area contributed by atoms with Gasteiger partial charge in [0.2, 0.25) is 11.8 Å². The molecule has 3 amide bonds. The molecular weight excluding hydrogens is 390 g/mol. The van der Waals surface area contributed by atoms with Crippen LogP contribution in [0.3, 0.4) is 0 Å². The number of para-hydroxylation sites is 1. The summed E-state index contributed by atoms with van der Waals surface area (Å²) in [6, 6.07) is 14.3. The zero-order chi connectivity index (χ0) is 20.6. The van der Waals surface area contributed by atoms with Gasteiger partial charge in [0.25, 0.3) is 5.91 Å². The highest BCUT2D eigenvalue weighted by Crippen LogP contribution is 2.34. The molecule has 0 aliphatic carbocycles. The third kappa shape index (κ3) is 5.51. The number of carbonyl (C=O) groups is 3. The number of thioether (sulfide) groups is 1. The van der Waals surface area contributed by atoms with Gasteiger partial charge in [0, 0.05) is 35.6 Å². The summed E-state index contributed by atoms with van der Waals surface area (Å²) in [4.78, 5) is 39.5. The Kier molecular flexibility index (Phi) is 7.13. The van der Waals surface area contributed by atoms with Crippen molar-refractivity contribution in [2.75, 3.05) is 23.8 Å². The second-order valence-corrected chi connectivity index (χ2v) is 7.46. The van der Waals surface area contributed by atoms with Crippen molar-refractivity contribution in [1.29, 1.82) is 0 Å². The van der Waals surface area contributed by atoms with Crippen molar-refractivity contribution in [2.24, 2.45) is 0 Å². The molecule has 1 aliphatic rings. The van der Waals surface area contributed by atoms with E-state index in [0.717, 1.165) is 16.3 Å². The largest absolute Gasteiger partial charge is 0.494 e. The van der Waals surface area contributed by atoms with Gasteiger partial charge >= 0.3 is 0 Å². The molecule has 0 saturated carbocycles. The lowest BCUT2D eigenvalue weighted by Gasteiger charge is -2.29. The molecule has 152 valence electrons. The van der Waals surface area contributed by atoms with Gasteiger partial charge in [-0.2, -0.15) is 0 Å². The molecule has 0 atom stereocenters. The predicted molar refractivity (Wildman–Crippen MR) is 112 cm³/mol. The summed E-state index contributed by atoms with van der Waals surface area (Å²) in [5, 5.41) is 0. The highest BCUT2D eigenvalue weighted by molar-refractivity contribution is 7.99. The standard InChI is InChI=1S/C21H23N3O4S/c1-2-28-16-9-7-15(8-10-16)21(27)23-22-19(25)11-12-20(26)24-13-14-29-18-6-4-3-5-17(18)24/h3-10H,2,11-14H2,1H3,(H,22,25)(H,23,27). The lowest BCUT2D eigenvalue weighted by Crippen LogP contribution is -2.42. The number of hydrogen-bond donors (Lipinski definition) is 2. The van der Waals surface area contributed by atoms with Crippen LogP contribution in [0.5, 0.6) is 5.75 Å². The number of hydrazine groups is 1. The van der Waals surface area contributed by atoms with E-state index in [1.165, 1.54) is 0 Å². The molecule has 8 heteroatoms. The molecule has 1 heterocycles. The summed E-state index contributed by atoms with van der Waals surface area (Å²) >= 11 is 1.72. The highest BCUT2D eigenvalue weighted by Gasteiger charge is 2.23. The summed E-state index contributed by atoms with van der Waals surface area (Å²) in [6.07, 6.45) is 0.0674. The number of rotatable bonds is 6. The first-order chi connectivity index (χ1) is 14.1. The highest BCUT2D eigenvalue weighted by atomic mass is 32.2.